The molecule has 0 saturated heterocycles. The minimum absolute atomic E-state index is 0. The number of hydrogen-bond acceptors (Lipinski definition) is 3. The first-order valence-corrected chi connectivity index (χ1v) is 9.77. The van der Waals surface area contributed by atoms with Gasteiger partial charge in [0.1, 0.15) is 0 Å². The van der Waals surface area contributed by atoms with Gasteiger partial charge in [-0.3, -0.25) is 4.98 Å². The molecule has 0 saturated carbocycles. The molecule has 4 aromatic rings. The van der Waals surface area contributed by atoms with E-state index in [1.54, 1.807) is 0 Å². The fourth-order valence-corrected chi connectivity index (χ4v) is 3.79. The van der Waals surface area contributed by atoms with Crippen molar-refractivity contribution in [1.29, 1.82) is 0 Å². The summed E-state index contributed by atoms with van der Waals surface area (Å²) in [6.07, 6.45) is 11.7. The average molecular weight is 442 g/mol. The number of aromatic nitrogens is 5. The van der Waals surface area contributed by atoms with Crippen LogP contribution in [0.5, 0.6) is 0 Å². The van der Waals surface area contributed by atoms with E-state index in [1.165, 1.54) is 0 Å². The first kappa shape index (κ1) is 19.2. The Morgan fingerprint density at radius 1 is 0.548 bits per heavy atom. The summed E-state index contributed by atoms with van der Waals surface area (Å²) >= 11 is 0. The van der Waals surface area contributed by atoms with Gasteiger partial charge >= 0.3 is 0 Å². The van der Waals surface area contributed by atoms with Crippen LogP contribution in [0.25, 0.3) is 57.5 Å². The minimum Gasteiger partial charge on any atom is -0.355 e. The minimum atomic E-state index is 0. The van der Waals surface area contributed by atoms with Gasteiger partial charge in [-0.1, -0.05) is 0 Å². The molecule has 5 nitrogen and oxygen atoms in total. The second kappa shape index (κ2) is 7.84. The zero-order valence-corrected chi connectivity index (χ0v) is 17.6. The van der Waals surface area contributed by atoms with Crippen LogP contribution in [-0.4, -0.2) is 24.9 Å². The van der Waals surface area contributed by atoms with Gasteiger partial charge < -0.3 is 9.97 Å². The number of H-pyrrole nitrogens is 2. The molecule has 0 spiro atoms. The summed E-state index contributed by atoms with van der Waals surface area (Å²) < 4.78 is 0. The molecule has 0 atom stereocenters. The number of pyridine rings is 1. The molecule has 0 aromatic carbocycles. The summed E-state index contributed by atoms with van der Waals surface area (Å²) in [5.41, 5.74) is 9.88. The maximum atomic E-state index is 4.76. The van der Waals surface area contributed by atoms with E-state index < -0.39 is 0 Å². The van der Waals surface area contributed by atoms with Crippen LogP contribution in [0.3, 0.4) is 0 Å². The van der Waals surface area contributed by atoms with Gasteiger partial charge in [0.25, 0.3) is 0 Å². The van der Waals surface area contributed by atoms with Crippen LogP contribution in [0.2, 0.25) is 0 Å². The van der Waals surface area contributed by atoms with Gasteiger partial charge in [0, 0.05) is 57.1 Å². The molecular weight excluding hydrogens is 425 g/mol. The fourth-order valence-electron chi connectivity index (χ4n) is 3.79. The smallest absolute Gasteiger partial charge is 0.0658 e. The Hall–Kier alpha value is -3.73. The van der Waals surface area contributed by atoms with Crippen molar-refractivity contribution in [3.05, 3.63) is 89.8 Å². The third-order valence-corrected chi connectivity index (χ3v) is 5.16. The van der Waals surface area contributed by atoms with Crippen molar-refractivity contribution in [3.8, 4) is 11.1 Å². The van der Waals surface area contributed by atoms with E-state index >= 15 is 0 Å². The van der Waals surface area contributed by atoms with E-state index in [2.05, 4.69) is 45.3 Å². The predicted octanol–water partition coefficient (Wildman–Crippen LogP) is 5.72. The van der Waals surface area contributed by atoms with Crippen molar-refractivity contribution in [3.63, 3.8) is 0 Å². The zero-order chi connectivity index (χ0) is 19.9. The monoisotopic (exact) mass is 442 g/mol. The molecule has 6 rings (SSSR count). The molecule has 2 aliphatic heterocycles. The van der Waals surface area contributed by atoms with Gasteiger partial charge in [0.2, 0.25) is 0 Å². The van der Waals surface area contributed by atoms with E-state index in [1.807, 2.05) is 61.0 Å². The van der Waals surface area contributed by atoms with E-state index in [9.17, 15) is 0 Å². The molecule has 6 heterocycles. The van der Waals surface area contributed by atoms with Crippen molar-refractivity contribution < 1.29 is 17.1 Å². The topological polar surface area (TPSA) is 70.2 Å². The molecule has 0 unspecified atom stereocenters. The van der Waals surface area contributed by atoms with E-state index in [4.69, 9.17) is 9.97 Å². The number of aromatic amines is 2. The Labute approximate surface area is 189 Å². The quantitative estimate of drug-likeness (QED) is 0.320. The third kappa shape index (κ3) is 3.87. The van der Waals surface area contributed by atoms with E-state index in [-0.39, 0.29) is 17.1 Å². The molecule has 8 bridgehead atoms. The summed E-state index contributed by atoms with van der Waals surface area (Å²) in [5, 5.41) is 0. The normalized spacial score (nSPS) is 12.0. The first-order chi connectivity index (χ1) is 14.8. The van der Waals surface area contributed by atoms with Crippen LogP contribution in [0, 0.1) is 0 Å². The zero-order valence-electron chi connectivity index (χ0n) is 16.4. The molecule has 0 fully saturated rings. The molecule has 6 heteroatoms. The van der Waals surface area contributed by atoms with Gasteiger partial charge in [0.05, 0.1) is 22.8 Å². The largest absolute Gasteiger partial charge is 0.355 e. The summed E-state index contributed by atoms with van der Waals surface area (Å²) in [7, 11) is 0. The van der Waals surface area contributed by atoms with Gasteiger partial charge in [-0.2, -0.15) is 0 Å². The Bertz CT molecular complexity index is 1490. The number of rotatable bonds is 1. The van der Waals surface area contributed by atoms with Crippen molar-refractivity contribution >= 4 is 46.4 Å². The Balaban J connectivity index is 0.00000204. The van der Waals surface area contributed by atoms with Crippen LogP contribution in [-0.2, 0) is 17.1 Å². The molecular formula is C25H17MnN5. The number of nitrogens with one attached hydrogen (secondary N) is 2. The Kier molecular flexibility index (Phi) is 4.86. The molecule has 2 aliphatic rings. The van der Waals surface area contributed by atoms with Crippen LogP contribution in [0.1, 0.15) is 22.8 Å². The van der Waals surface area contributed by atoms with Gasteiger partial charge in [0.15, 0.2) is 0 Å². The summed E-state index contributed by atoms with van der Waals surface area (Å²) in [5.74, 6) is 0. The van der Waals surface area contributed by atoms with Crippen molar-refractivity contribution in [1.82, 2.24) is 24.9 Å². The first-order valence-electron chi connectivity index (χ1n) is 9.77. The second-order valence-electron chi connectivity index (χ2n) is 7.32. The molecule has 2 N–H and O–H groups in total. The number of fused-ring (bicyclic) bond motifs is 8. The SMILES string of the molecule is C1=Cc2cc3cc(-c4ccncc4)c(cc4nc(cc5ccc(cc1n2)[nH]5)C=C4)[nH]3.[Mn]. The summed E-state index contributed by atoms with van der Waals surface area (Å²) in [4.78, 5) is 20.6. The van der Waals surface area contributed by atoms with Crippen LogP contribution in [0.15, 0.2) is 67.0 Å². The van der Waals surface area contributed by atoms with Crippen molar-refractivity contribution in [2.45, 2.75) is 0 Å². The number of hydrogen-bond donors (Lipinski definition) is 2. The summed E-state index contributed by atoms with van der Waals surface area (Å²) in [6, 6.07) is 18.5. The van der Waals surface area contributed by atoms with E-state index in [0.29, 0.717) is 0 Å². The number of nitrogens with zero attached hydrogens (tertiary/aromatic N) is 3. The molecule has 1 radical (unpaired) electrons. The van der Waals surface area contributed by atoms with Crippen LogP contribution < -0.4 is 0 Å². The maximum Gasteiger partial charge on any atom is 0.0658 e. The molecule has 4 aromatic heterocycles. The maximum absolute atomic E-state index is 4.76. The Morgan fingerprint density at radius 3 is 1.71 bits per heavy atom. The second-order valence-corrected chi connectivity index (χ2v) is 7.32. The molecule has 0 aliphatic carbocycles. The fraction of sp³-hybridized carbons (Fsp3) is 0. The van der Waals surface area contributed by atoms with Crippen molar-refractivity contribution in [2.75, 3.05) is 0 Å². The average Bonchev–Trinajstić information content (AvgIpc) is 3.53. The van der Waals surface area contributed by atoms with Gasteiger partial charge in [-0.25, -0.2) is 9.97 Å². The predicted molar refractivity (Wildman–Crippen MR) is 122 cm³/mol. The van der Waals surface area contributed by atoms with Gasteiger partial charge in [-0.15, -0.1) is 0 Å². The molecule has 0 amide bonds. The summed E-state index contributed by atoms with van der Waals surface area (Å²) in [6.45, 7) is 0. The van der Waals surface area contributed by atoms with Gasteiger partial charge in [-0.05, 0) is 84.5 Å². The standard InChI is InChI=1S/C25H17N5.Mn/c1-2-18-12-20-5-6-22(29-20)15-25-24(16-7-9-26-10-8-16)14-23(30-25)13-21-4-3-19(28-21)11-17(1)27-18;/h1-15,27,30H;. The Morgan fingerprint density at radius 2 is 1.10 bits per heavy atom. The molecule has 149 valence electrons. The van der Waals surface area contributed by atoms with E-state index in [0.717, 1.165) is 56.0 Å². The van der Waals surface area contributed by atoms with Crippen molar-refractivity contribution in [2.24, 2.45) is 0 Å². The van der Waals surface area contributed by atoms with Crippen LogP contribution in [0.4, 0.5) is 0 Å². The van der Waals surface area contributed by atoms with Crippen LogP contribution >= 0.6 is 0 Å². The molecule has 31 heavy (non-hydrogen) atoms. The third-order valence-electron chi connectivity index (χ3n) is 5.16.